The van der Waals surface area contributed by atoms with Crippen LogP contribution in [0.25, 0.3) is 0 Å². The molecule has 2 rings (SSSR count). The molecule has 2 aromatic carbocycles. The number of rotatable bonds is 11. The summed E-state index contributed by atoms with van der Waals surface area (Å²) < 4.78 is 22.2. The quantitative estimate of drug-likeness (QED) is 0.234. The van der Waals surface area contributed by atoms with Gasteiger partial charge in [0.05, 0.1) is 32.5 Å². The Kier molecular flexibility index (Phi) is 9.74. The van der Waals surface area contributed by atoms with Crippen molar-refractivity contribution in [3.8, 4) is 23.0 Å². The lowest BCUT2D eigenvalue weighted by atomic mass is 10.2. The van der Waals surface area contributed by atoms with E-state index in [4.69, 9.17) is 42.3 Å². The molecule has 2 aromatic rings. The lowest BCUT2D eigenvalue weighted by Gasteiger charge is -2.19. The summed E-state index contributed by atoms with van der Waals surface area (Å²) in [5.74, 6) is 0.0822. The molecule has 0 fully saturated rings. The summed E-state index contributed by atoms with van der Waals surface area (Å²) in [5, 5.41) is 8.28. The fourth-order valence-corrected chi connectivity index (χ4v) is 3.25. The van der Waals surface area contributed by atoms with Gasteiger partial charge >= 0.3 is 0 Å². The minimum Gasteiger partial charge on any atom is -0.497 e. The number of hydrogen-bond donors (Lipinski definition) is 0. The van der Waals surface area contributed by atoms with Crippen molar-refractivity contribution in [3.63, 3.8) is 0 Å². The van der Waals surface area contributed by atoms with Crippen LogP contribution in [0.2, 0.25) is 5.02 Å². The van der Waals surface area contributed by atoms with Crippen LogP contribution in [0.15, 0.2) is 40.6 Å². The van der Waals surface area contributed by atoms with Crippen molar-refractivity contribution in [2.24, 2.45) is 10.2 Å². The number of halogens is 2. The number of benzene rings is 2. The van der Waals surface area contributed by atoms with Gasteiger partial charge in [-0.1, -0.05) is 11.6 Å². The number of amides is 1. The van der Waals surface area contributed by atoms with Gasteiger partial charge in [0.25, 0.3) is 5.91 Å². The molecule has 11 heteroatoms. The summed E-state index contributed by atoms with van der Waals surface area (Å²) >= 11 is 12.6. The zero-order chi connectivity index (χ0) is 24.5. The van der Waals surface area contributed by atoms with E-state index in [-0.39, 0.29) is 27.9 Å². The Balaban J connectivity index is 2.42. The second-order valence-electron chi connectivity index (χ2n) is 6.50. The zero-order valence-electron chi connectivity index (χ0n) is 18.9. The smallest absolute Gasteiger partial charge is 0.276 e. The molecule has 1 atom stereocenters. The van der Waals surface area contributed by atoms with E-state index in [0.717, 1.165) is 4.42 Å². The minimum absolute atomic E-state index is 0.204. The number of methoxy groups -OCH3 is 2. The first-order valence-electron chi connectivity index (χ1n) is 9.99. The summed E-state index contributed by atoms with van der Waals surface area (Å²) in [7, 11) is 2.91. The largest absolute Gasteiger partial charge is 0.497 e. The Morgan fingerprint density at radius 1 is 1.03 bits per heavy atom. The van der Waals surface area contributed by atoms with E-state index in [1.807, 2.05) is 6.92 Å². The molecule has 0 heterocycles. The number of ketones is 1. The van der Waals surface area contributed by atoms with Crippen LogP contribution in [0.3, 0.4) is 0 Å². The van der Waals surface area contributed by atoms with Crippen LogP contribution >= 0.6 is 23.4 Å². The first kappa shape index (κ1) is 26.2. The number of carbonyl (C=O) groups is 2. The molecule has 0 spiro atoms. The Morgan fingerprint density at radius 2 is 1.73 bits per heavy atom. The summed E-state index contributed by atoms with van der Waals surface area (Å²) in [6, 6.07) is 6.29. The summed E-state index contributed by atoms with van der Waals surface area (Å²) in [4.78, 5) is 25.3. The van der Waals surface area contributed by atoms with Crippen LogP contribution in [0.5, 0.6) is 23.0 Å². The molecule has 178 valence electrons. The van der Waals surface area contributed by atoms with Gasteiger partial charge in [0.15, 0.2) is 11.5 Å². The molecular formula is C22H25Cl2N3O6. The maximum atomic E-state index is 13.0. The van der Waals surface area contributed by atoms with Gasteiger partial charge in [0.2, 0.25) is 6.04 Å². The molecule has 0 aromatic heterocycles. The zero-order valence-corrected chi connectivity index (χ0v) is 20.4. The van der Waals surface area contributed by atoms with Gasteiger partial charge < -0.3 is 18.9 Å². The predicted molar refractivity (Wildman–Crippen MR) is 126 cm³/mol. The fourth-order valence-electron chi connectivity index (χ4n) is 2.76. The highest BCUT2D eigenvalue weighted by Crippen LogP contribution is 2.40. The van der Waals surface area contributed by atoms with Crippen LogP contribution in [0.1, 0.15) is 20.8 Å². The number of Topliss-reactive ketones (excluding diaryl/α,β-unsaturated/α-hetero) is 1. The maximum Gasteiger partial charge on any atom is 0.276 e. The maximum absolute atomic E-state index is 13.0. The van der Waals surface area contributed by atoms with Gasteiger partial charge in [-0.25, -0.2) is 4.42 Å². The number of nitrogens with zero attached hydrogens (tertiary/aromatic N) is 3. The van der Waals surface area contributed by atoms with Crippen molar-refractivity contribution in [2.45, 2.75) is 26.8 Å². The first-order chi connectivity index (χ1) is 15.8. The Bertz CT molecular complexity index is 1030. The normalized spacial score (nSPS) is 11.7. The fraction of sp³-hybridized carbons (Fsp3) is 0.364. The average molecular weight is 498 g/mol. The van der Waals surface area contributed by atoms with E-state index < -0.39 is 17.7 Å². The third-order valence-electron chi connectivity index (χ3n) is 4.29. The molecule has 0 aliphatic carbocycles. The average Bonchev–Trinajstić information content (AvgIpc) is 2.80. The van der Waals surface area contributed by atoms with Gasteiger partial charge in [-0.05, 0) is 32.9 Å². The van der Waals surface area contributed by atoms with E-state index in [9.17, 15) is 9.59 Å². The van der Waals surface area contributed by atoms with Crippen molar-refractivity contribution in [1.82, 2.24) is 0 Å². The monoisotopic (exact) mass is 497 g/mol. The second kappa shape index (κ2) is 12.3. The molecule has 33 heavy (non-hydrogen) atoms. The van der Waals surface area contributed by atoms with Crippen molar-refractivity contribution in [1.29, 1.82) is 0 Å². The molecule has 1 unspecified atom stereocenters. The van der Waals surface area contributed by atoms with Gasteiger partial charge in [-0.2, -0.15) is 10.2 Å². The Hall–Kier alpha value is -3.04. The van der Waals surface area contributed by atoms with Gasteiger partial charge in [0, 0.05) is 30.0 Å². The number of ether oxygens (including phenoxy) is 4. The third kappa shape index (κ3) is 6.49. The van der Waals surface area contributed by atoms with Crippen LogP contribution in [-0.2, 0) is 9.59 Å². The lowest BCUT2D eigenvalue weighted by molar-refractivity contribution is -0.126. The summed E-state index contributed by atoms with van der Waals surface area (Å²) in [6.45, 7) is 5.53. The molecule has 0 bridgehead atoms. The van der Waals surface area contributed by atoms with E-state index in [0.29, 0.717) is 24.7 Å². The third-order valence-corrected chi connectivity index (χ3v) is 4.92. The molecule has 0 aliphatic heterocycles. The second-order valence-corrected chi connectivity index (χ2v) is 7.25. The molecular weight excluding hydrogens is 473 g/mol. The van der Waals surface area contributed by atoms with Crippen LogP contribution in [0, 0.1) is 0 Å². The Morgan fingerprint density at radius 3 is 2.30 bits per heavy atom. The topological polar surface area (TPSA) is 99.0 Å². The van der Waals surface area contributed by atoms with Gasteiger partial charge in [-0.3, -0.25) is 9.59 Å². The molecule has 0 N–H and O–H groups in total. The van der Waals surface area contributed by atoms with Crippen molar-refractivity contribution in [3.05, 3.63) is 35.4 Å². The van der Waals surface area contributed by atoms with E-state index in [1.165, 1.54) is 27.2 Å². The standard InChI is InChI=1S/C22H25Cl2N3O6/c1-6-32-15-10-16(23)21(33-7-2)17(11-15)25-26-20(13(3)28)22(29)27(24)18-9-8-14(30-4)12-19(18)31-5/h8-12,20H,6-7H2,1-5H3. The number of azo groups is 1. The molecule has 0 radical (unpaired) electrons. The molecule has 0 aliphatic rings. The van der Waals surface area contributed by atoms with Crippen LogP contribution < -0.4 is 23.4 Å². The minimum atomic E-state index is -1.52. The van der Waals surface area contributed by atoms with Crippen LogP contribution in [-0.4, -0.2) is 45.2 Å². The summed E-state index contributed by atoms with van der Waals surface area (Å²) in [6.07, 6.45) is 0. The number of anilines is 1. The highest BCUT2D eigenvalue weighted by atomic mass is 35.5. The highest BCUT2D eigenvalue weighted by molar-refractivity contribution is 6.39. The predicted octanol–water partition coefficient (Wildman–Crippen LogP) is 5.38. The van der Waals surface area contributed by atoms with Crippen molar-refractivity contribution >= 4 is 46.4 Å². The molecule has 9 nitrogen and oxygen atoms in total. The highest BCUT2D eigenvalue weighted by Gasteiger charge is 2.30. The van der Waals surface area contributed by atoms with Crippen LogP contribution in [0.4, 0.5) is 11.4 Å². The first-order valence-corrected chi connectivity index (χ1v) is 10.7. The molecule has 0 saturated heterocycles. The van der Waals surface area contributed by atoms with E-state index >= 15 is 0 Å². The van der Waals surface area contributed by atoms with E-state index in [2.05, 4.69) is 10.2 Å². The molecule has 0 saturated carbocycles. The summed E-state index contributed by atoms with van der Waals surface area (Å²) in [5.41, 5.74) is 0.415. The Labute approximate surface area is 202 Å². The number of hydrogen-bond acceptors (Lipinski definition) is 8. The number of carbonyl (C=O) groups excluding carboxylic acids is 2. The SMILES string of the molecule is CCOc1cc(Cl)c(OCC)c(N=NC(C(C)=O)C(=O)N(Cl)c2ccc(OC)cc2OC)c1. The van der Waals surface area contributed by atoms with Gasteiger partial charge in [0.1, 0.15) is 28.6 Å². The van der Waals surface area contributed by atoms with E-state index in [1.54, 1.807) is 31.2 Å². The van der Waals surface area contributed by atoms with Gasteiger partial charge in [-0.15, -0.1) is 0 Å². The lowest BCUT2D eigenvalue weighted by Crippen LogP contribution is -2.36. The van der Waals surface area contributed by atoms with Crippen molar-refractivity contribution in [2.75, 3.05) is 31.9 Å². The van der Waals surface area contributed by atoms with Crippen molar-refractivity contribution < 1.29 is 28.5 Å². The molecule has 1 amide bonds.